The summed E-state index contributed by atoms with van der Waals surface area (Å²) in [5.41, 5.74) is 1.05. The van der Waals surface area contributed by atoms with Crippen LogP contribution in [0.5, 0.6) is 5.75 Å². The number of aryl methyl sites for hydroxylation is 1. The van der Waals surface area contributed by atoms with Gasteiger partial charge in [0, 0.05) is 32.2 Å². The predicted octanol–water partition coefficient (Wildman–Crippen LogP) is 1.71. The van der Waals surface area contributed by atoms with E-state index < -0.39 is 0 Å². The van der Waals surface area contributed by atoms with Crippen LogP contribution in [0.25, 0.3) is 0 Å². The number of nitrogens with one attached hydrogen (secondary N) is 2. The number of benzene rings is 1. The third-order valence-corrected chi connectivity index (χ3v) is 5.24. The maximum atomic E-state index is 5.44. The SMILES string of the molecule is COc1ccccc1CN=C(NCCCN1CCOCC1)NCc1nnc(C)n1C.I. The van der Waals surface area contributed by atoms with Crippen molar-refractivity contribution >= 4 is 29.9 Å². The molecule has 1 aromatic carbocycles. The Labute approximate surface area is 201 Å². The summed E-state index contributed by atoms with van der Waals surface area (Å²) >= 11 is 0. The summed E-state index contributed by atoms with van der Waals surface area (Å²) in [6.07, 6.45) is 1.04. The normalized spacial score (nSPS) is 14.7. The molecule has 10 heteroatoms. The first kappa shape index (κ1) is 25.3. The second-order valence-electron chi connectivity index (χ2n) is 7.29. The number of aromatic nitrogens is 3. The smallest absolute Gasteiger partial charge is 0.191 e. The van der Waals surface area contributed by atoms with Gasteiger partial charge in [-0.05, 0) is 26.0 Å². The molecule has 1 aromatic heterocycles. The Morgan fingerprint density at radius 2 is 1.97 bits per heavy atom. The molecular weight excluding hydrogens is 509 g/mol. The fourth-order valence-corrected chi connectivity index (χ4v) is 3.27. The number of halogens is 1. The van der Waals surface area contributed by atoms with Gasteiger partial charge in [0.15, 0.2) is 11.8 Å². The molecular formula is C21H34IN7O2. The summed E-state index contributed by atoms with van der Waals surface area (Å²) in [5.74, 6) is 3.35. The van der Waals surface area contributed by atoms with E-state index in [0.717, 1.165) is 74.7 Å². The second-order valence-corrected chi connectivity index (χ2v) is 7.29. The van der Waals surface area contributed by atoms with E-state index >= 15 is 0 Å². The number of aliphatic imine (C=N–C) groups is 1. The van der Waals surface area contributed by atoms with E-state index in [0.29, 0.717) is 13.1 Å². The van der Waals surface area contributed by atoms with Crippen LogP contribution in [0.2, 0.25) is 0 Å². The Morgan fingerprint density at radius 1 is 1.19 bits per heavy atom. The van der Waals surface area contributed by atoms with Crippen LogP contribution in [0.15, 0.2) is 29.3 Å². The summed E-state index contributed by atoms with van der Waals surface area (Å²) < 4.78 is 12.8. The van der Waals surface area contributed by atoms with Crippen molar-refractivity contribution in [1.82, 2.24) is 30.3 Å². The van der Waals surface area contributed by atoms with Gasteiger partial charge in [-0.2, -0.15) is 0 Å². The molecule has 31 heavy (non-hydrogen) atoms. The standard InChI is InChI=1S/C21H33N7O2.HI/c1-17-25-26-20(27(17)2)16-24-21(22-9-6-10-28-11-13-30-14-12-28)23-15-18-7-4-5-8-19(18)29-3;/h4-5,7-8H,6,9-16H2,1-3H3,(H2,22,23,24);1H. The van der Waals surface area contributed by atoms with Crippen molar-refractivity contribution in [2.24, 2.45) is 12.0 Å². The summed E-state index contributed by atoms with van der Waals surface area (Å²) in [6, 6.07) is 7.95. The van der Waals surface area contributed by atoms with Crippen LogP contribution in [-0.4, -0.2) is 72.1 Å². The Morgan fingerprint density at radius 3 is 2.68 bits per heavy atom. The van der Waals surface area contributed by atoms with Crippen LogP contribution in [0.4, 0.5) is 0 Å². The highest BCUT2D eigenvalue weighted by molar-refractivity contribution is 14.0. The molecule has 172 valence electrons. The third kappa shape index (κ3) is 7.93. The molecule has 2 heterocycles. The summed E-state index contributed by atoms with van der Waals surface area (Å²) in [4.78, 5) is 7.20. The fourth-order valence-electron chi connectivity index (χ4n) is 3.27. The number of hydrogen-bond acceptors (Lipinski definition) is 6. The zero-order valence-electron chi connectivity index (χ0n) is 18.6. The van der Waals surface area contributed by atoms with Crippen LogP contribution < -0.4 is 15.4 Å². The first-order valence-corrected chi connectivity index (χ1v) is 10.5. The molecule has 0 atom stereocenters. The van der Waals surface area contributed by atoms with Gasteiger partial charge in [-0.25, -0.2) is 4.99 Å². The molecule has 0 saturated carbocycles. The molecule has 0 spiro atoms. The number of para-hydroxylation sites is 1. The minimum atomic E-state index is 0. The summed E-state index contributed by atoms with van der Waals surface area (Å²) in [7, 11) is 3.65. The van der Waals surface area contributed by atoms with Crippen molar-refractivity contribution < 1.29 is 9.47 Å². The molecule has 0 aliphatic carbocycles. The zero-order valence-corrected chi connectivity index (χ0v) is 21.0. The van der Waals surface area contributed by atoms with Gasteiger partial charge in [-0.15, -0.1) is 34.2 Å². The largest absolute Gasteiger partial charge is 0.496 e. The number of hydrogen-bond donors (Lipinski definition) is 2. The van der Waals surface area contributed by atoms with E-state index in [9.17, 15) is 0 Å². The molecule has 2 aromatic rings. The summed E-state index contributed by atoms with van der Waals surface area (Å²) in [6.45, 7) is 8.61. The van der Waals surface area contributed by atoms with Gasteiger partial charge in [0.25, 0.3) is 0 Å². The van der Waals surface area contributed by atoms with E-state index in [1.165, 1.54) is 0 Å². The van der Waals surface area contributed by atoms with Gasteiger partial charge < -0.3 is 24.7 Å². The molecule has 0 unspecified atom stereocenters. The average Bonchev–Trinajstić information content (AvgIpc) is 3.11. The Bertz CT molecular complexity index is 822. The first-order chi connectivity index (χ1) is 14.7. The molecule has 0 amide bonds. The van der Waals surface area contributed by atoms with Gasteiger partial charge in [-0.3, -0.25) is 4.90 Å². The maximum absolute atomic E-state index is 5.44. The maximum Gasteiger partial charge on any atom is 0.191 e. The number of rotatable bonds is 9. The van der Waals surface area contributed by atoms with Crippen molar-refractivity contribution in [3.8, 4) is 5.75 Å². The highest BCUT2D eigenvalue weighted by Gasteiger charge is 2.10. The third-order valence-electron chi connectivity index (χ3n) is 5.24. The quantitative estimate of drug-likeness (QED) is 0.216. The predicted molar refractivity (Wildman–Crippen MR) is 132 cm³/mol. The molecule has 2 N–H and O–H groups in total. The van der Waals surface area contributed by atoms with E-state index in [2.05, 4.69) is 25.7 Å². The minimum Gasteiger partial charge on any atom is -0.496 e. The lowest BCUT2D eigenvalue weighted by atomic mass is 10.2. The van der Waals surface area contributed by atoms with Crippen molar-refractivity contribution in [3.63, 3.8) is 0 Å². The summed E-state index contributed by atoms with van der Waals surface area (Å²) in [5, 5.41) is 15.2. The zero-order chi connectivity index (χ0) is 21.2. The Kier molecular flexibility index (Phi) is 11.0. The monoisotopic (exact) mass is 543 g/mol. The molecule has 1 saturated heterocycles. The van der Waals surface area contributed by atoms with Gasteiger partial charge in [0.05, 0.1) is 33.4 Å². The van der Waals surface area contributed by atoms with Crippen molar-refractivity contribution in [2.75, 3.05) is 46.5 Å². The molecule has 1 aliphatic rings. The number of morpholine rings is 1. The van der Waals surface area contributed by atoms with Gasteiger partial charge in [-0.1, -0.05) is 18.2 Å². The number of guanidine groups is 1. The van der Waals surface area contributed by atoms with Gasteiger partial charge >= 0.3 is 0 Å². The highest BCUT2D eigenvalue weighted by Crippen LogP contribution is 2.17. The number of nitrogens with zero attached hydrogens (tertiary/aromatic N) is 5. The topological polar surface area (TPSA) is 88.8 Å². The van der Waals surface area contributed by atoms with Gasteiger partial charge in [0.1, 0.15) is 11.6 Å². The molecule has 9 nitrogen and oxygen atoms in total. The van der Waals surface area contributed by atoms with E-state index in [1.54, 1.807) is 7.11 Å². The van der Waals surface area contributed by atoms with Gasteiger partial charge in [0.2, 0.25) is 0 Å². The first-order valence-electron chi connectivity index (χ1n) is 10.5. The second kappa shape index (κ2) is 13.5. The lowest BCUT2D eigenvalue weighted by molar-refractivity contribution is 0.0376. The van der Waals surface area contributed by atoms with Crippen LogP contribution >= 0.6 is 24.0 Å². The fraction of sp³-hybridized carbons (Fsp3) is 0.571. The van der Waals surface area contributed by atoms with E-state index in [-0.39, 0.29) is 24.0 Å². The van der Waals surface area contributed by atoms with Crippen LogP contribution in [0.3, 0.4) is 0 Å². The average molecular weight is 543 g/mol. The van der Waals surface area contributed by atoms with Crippen LogP contribution in [-0.2, 0) is 24.9 Å². The lowest BCUT2D eigenvalue weighted by Gasteiger charge is -2.26. The Balaban J connectivity index is 0.00000341. The molecule has 1 fully saturated rings. The van der Waals surface area contributed by atoms with E-state index in [4.69, 9.17) is 14.5 Å². The van der Waals surface area contributed by atoms with E-state index in [1.807, 2.05) is 42.8 Å². The highest BCUT2D eigenvalue weighted by atomic mass is 127. The van der Waals surface area contributed by atoms with Crippen LogP contribution in [0, 0.1) is 6.92 Å². The number of methoxy groups -OCH3 is 1. The molecule has 1 aliphatic heterocycles. The van der Waals surface area contributed by atoms with Crippen LogP contribution in [0.1, 0.15) is 23.6 Å². The Hall–Kier alpha value is -1.92. The number of ether oxygens (including phenoxy) is 2. The molecule has 0 radical (unpaired) electrons. The molecule has 0 bridgehead atoms. The van der Waals surface area contributed by atoms with Crippen molar-refractivity contribution in [3.05, 3.63) is 41.5 Å². The van der Waals surface area contributed by atoms with Crippen molar-refractivity contribution in [2.45, 2.75) is 26.4 Å². The minimum absolute atomic E-state index is 0. The molecule has 3 rings (SSSR count). The van der Waals surface area contributed by atoms with Crippen molar-refractivity contribution in [1.29, 1.82) is 0 Å². The lowest BCUT2D eigenvalue weighted by Crippen LogP contribution is -2.40.